The number of hydrazine groups is 1. The van der Waals surface area contributed by atoms with Gasteiger partial charge in [0.2, 0.25) is 0 Å². The van der Waals surface area contributed by atoms with Gasteiger partial charge in [-0.15, -0.1) is 0 Å². The Bertz CT molecular complexity index is 617. The molecule has 0 saturated heterocycles. The molecule has 0 aromatic heterocycles. The van der Waals surface area contributed by atoms with Crippen molar-refractivity contribution in [2.75, 3.05) is 7.11 Å². The molecule has 106 valence electrons. The lowest BCUT2D eigenvalue weighted by molar-refractivity contribution is 0.411. The zero-order chi connectivity index (χ0) is 14.7. The first-order valence-electron chi connectivity index (χ1n) is 6.12. The largest absolute Gasteiger partial charge is 0.496 e. The van der Waals surface area contributed by atoms with E-state index in [1.807, 2.05) is 13.0 Å². The number of ether oxygens (including phenoxy) is 1. The maximum absolute atomic E-state index is 13.9. The summed E-state index contributed by atoms with van der Waals surface area (Å²) in [7, 11) is 1.58. The molecule has 0 aliphatic carbocycles. The Morgan fingerprint density at radius 3 is 2.50 bits per heavy atom. The van der Waals surface area contributed by atoms with E-state index in [0.717, 1.165) is 35.1 Å². The molecule has 0 heterocycles. The molecule has 1 unspecified atom stereocenters. The number of aryl methyl sites for hydroxylation is 1. The summed E-state index contributed by atoms with van der Waals surface area (Å²) in [5, 5.41) is 0. The molecule has 0 fully saturated rings. The molecule has 3 nitrogen and oxygen atoms in total. The summed E-state index contributed by atoms with van der Waals surface area (Å²) in [5.74, 6) is 5.21. The number of rotatable bonds is 4. The van der Waals surface area contributed by atoms with E-state index in [-0.39, 0.29) is 5.56 Å². The van der Waals surface area contributed by atoms with Gasteiger partial charge in [0.1, 0.15) is 17.4 Å². The van der Waals surface area contributed by atoms with Crippen molar-refractivity contribution < 1.29 is 13.5 Å². The maximum Gasteiger partial charge on any atom is 0.128 e. The van der Waals surface area contributed by atoms with Gasteiger partial charge in [-0.25, -0.2) is 14.2 Å². The van der Waals surface area contributed by atoms with Crippen LogP contribution in [0.2, 0.25) is 0 Å². The summed E-state index contributed by atoms with van der Waals surface area (Å²) in [6.45, 7) is 1.87. The average Bonchev–Trinajstić information content (AvgIpc) is 2.44. The van der Waals surface area contributed by atoms with Crippen molar-refractivity contribution in [3.05, 3.63) is 64.7 Å². The highest BCUT2D eigenvalue weighted by atomic mass is 19.1. The van der Waals surface area contributed by atoms with Gasteiger partial charge in [0.05, 0.1) is 13.2 Å². The van der Waals surface area contributed by atoms with Crippen molar-refractivity contribution >= 4 is 0 Å². The van der Waals surface area contributed by atoms with Crippen molar-refractivity contribution in [1.29, 1.82) is 0 Å². The summed E-state index contributed by atoms with van der Waals surface area (Å²) in [6.07, 6.45) is 0. The standard InChI is InChI=1S/C15H16F2N2O/c1-9-7-10(3-6-14(9)20-2)15(19-18)12-8-11(16)4-5-13(12)17/h3-8,15,19H,18H2,1-2H3. The number of hydrogen-bond donors (Lipinski definition) is 2. The molecule has 1 atom stereocenters. The van der Waals surface area contributed by atoms with Gasteiger partial charge in [0, 0.05) is 5.56 Å². The fraction of sp³-hybridized carbons (Fsp3) is 0.200. The van der Waals surface area contributed by atoms with Crippen LogP contribution in [0.15, 0.2) is 36.4 Å². The zero-order valence-corrected chi connectivity index (χ0v) is 11.3. The van der Waals surface area contributed by atoms with E-state index in [4.69, 9.17) is 10.6 Å². The van der Waals surface area contributed by atoms with Crippen LogP contribution in [0.5, 0.6) is 5.75 Å². The van der Waals surface area contributed by atoms with E-state index in [1.165, 1.54) is 0 Å². The predicted molar refractivity (Wildman–Crippen MR) is 73.3 cm³/mol. The molecule has 0 saturated carbocycles. The van der Waals surface area contributed by atoms with Gasteiger partial charge in [-0.2, -0.15) is 0 Å². The Kier molecular flexibility index (Phi) is 4.32. The predicted octanol–water partition coefficient (Wildman–Crippen LogP) is 2.83. The molecule has 3 N–H and O–H groups in total. The summed E-state index contributed by atoms with van der Waals surface area (Å²) in [6, 6.07) is 8.03. The van der Waals surface area contributed by atoms with Crippen molar-refractivity contribution in [2.45, 2.75) is 13.0 Å². The number of nitrogens with two attached hydrogens (primary N) is 1. The SMILES string of the molecule is COc1ccc(C(NN)c2cc(F)ccc2F)cc1C. The normalized spacial score (nSPS) is 12.2. The van der Waals surface area contributed by atoms with E-state index < -0.39 is 17.7 Å². The van der Waals surface area contributed by atoms with Crippen LogP contribution < -0.4 is 16.0 Å². The molecule has 0 amide bonds. The lowest BCUT2D eigenvalue weighted by Crippen LogP contribution is -2.29. The van der Waals surface area contributed by atoms with Crippen LogP contribution in [0.25, 0.3) is 0 Å². The van der Waals surface area contributed by atoms with Crippen molar-refractivity contribution in [3.8, 4) is 5.75 Å². The van der Waals surface area contributed by atoms with Gasteiger partial charge >= 0.3 is 0 Å². The average molecular weight is 278 g/mol. The van der Waals surface area contributed by atoms with Crippen LogP contribution in [-0.2, 0) is 0 Å². The van der Waals surface area contributed by atoms with Gasteiger partial charge in [0.15, 0.2) is 0 Å². The van der Waals surface area contributed by atoms with E-state index in [2.05, 4.69) is 5.43 Å². The minimum Gasteiger partial charge on any atom is -0.496 e. The van der Waals surface area contributed by atoms with Crippen LogP contribution in [0.3, 0.4) is 0 Å². The Balaban J connectivity index is 2.46. The third kappa shape index (κ3) is 2.79. The van der Waals surface area contributed by atoms with E-state index in [0.29, 0.717) is 0 Å². The molecule has 0 radical (unpaired) electrons. The first-order chi connectivity index (χ1) is 9.56. The highest BCUT2D eigenvalue weighted by molar-refractivity contribution is 5.41. The first-order valence-corrected chi connectivity index (χ1v) is 6.12. The number of hydrogen-bond acceptors (Lipinski definition) is 3. The molecular weight excluding hydrogens is 262 g/mol. The minimum atomic E-state index is -0.629. The van der Waals surface area contributed by atoms with E-state index >= 15 is 0 Å². The van der Waals surface area contributed by atoms with Crippen LogP contribution in [0.4, 0.5) is 8.78 Å². The molecule has 2 aromatic carbocycles. The second-order valence-corrected chi connectivity index (χ2v) is 4.49. The summed E-state index contributed by atoms with van der Waals surface area (Å²) < 4.78 is 32.3. The molecule has 5 heteroatoms. The Labute approximate surface area is 116 Å². The number of halogens is 2. The second kappa shape index (κ2) is 5.98. The van der Waals surface area contributed by atoms with Crippen LogP contribution in [0, 0.1) is 18.6 Å². The van der Waals surface area contributed by atoms with E-state index in [9.17, 15) is 8.78 Å². The quantitative estimate of drug-likeness (QED) is 0.668. The topological polar surface area (TPSA) is 47.3 Å². The fourth-order valence-corrected chi connectivity index (χ4v) is 2.18. The Morgan fingerprint density at radius 2 is 1.90 bits per heavy atom. The number of methoxy groups -OCH3 is 1. The molecule has 0 bridgehead atoms. The van der Waals surface area contributed by atoms with Crippen molar-refractivity contribution in [3.63, 3.8) is 0 Å². The van der Waals surface area contributed by atoms with Crippen LogP contribution in [-0.4, -0.2) is 7.11 Å². The lowest BCUT2D eigenvalue weighted by atomic mass is 9.97. The number of nitrogens with one attached hydrogen (secondary N) is 1. The molecule has 0 aliphatic heterocycles. The van der Waals surface area contributed by atoms with E-state index in [1.54, 1.807) is 19.2 Å². The Hall–Kier alpha value is -1.98. The van der Waals surface area contributed by atoms with Crippen molar-refractivity contribution in [1.82, 2.24) is 5.43 Å². The van der Waals surface area contributed by atoms with Gasteiger partial charge in [-0.3, -0.25) is 5.84 Å². The smallest absolute Gasteiger partial charge is 0.128 e. The summed E-state index contributed by atoms with van der Waals surface area (Å²) in [5.41, 5.74) is 4.31. The minimum absolute atomic E-state index is 0.164. The highest BCUT2D eigenvalue weighted by Crippen LogP contribution is 2.28. The zero-order valence-electron chi connectivity index (χ0n) is 11.3. The lowest BCUT2D eigenvalue weighted by Gasteiger charge is -2.19. The first kappa shape index (κ1) is 14.4. The Morgan fingerprint density at radius 1 is 1.15 bits per heavy atom. The second-order valence-electron chi connectivity index (χ2n) is 4.49. The summed E-state index contributed by atoms with van der Waals surface area (Å²) in [4.78, 5) is 0. The highest BCUT2D eigenvalue weighted by Gasteiger charge is 2.18. The number of benzene rings is 2. The molecule has 2 aromatic rings. The van der Waals surface area contributed by atoms with Gasteiger partial charge in [-0.05, 0) is 42.3 Å². The van der Waals surface area contributed by atoms with Gasteiger partial charge < -0.3 is 4.74 Å². The molecule has 0 spiro atoms. The maximum atomic E-state index is 13.9. The summed E-state index contributed by atoms with van der Waals surface area (Å²) >= 11 is 0. The fourth-order valence-electron chi connectivity index (χ4n) is 2.18. The monoisotopic (exact) mass is 278 g/mol. The third-order valence-corrected chi connectivity index (χ3v) is 3.19. The van der Waals surface area contributed by atoms with Gasteiger partial charge in [0.25, 0.3) is 0 Å². The van der Waals surface area contributed by atoms with Gasteiger partial charge in [-0.1, -0.05) is 12.1 Å². The van der Waals surface area contributed by atoms with Crippen LogP contribution >= 0.6 is 0 Å². The molecule has 2 rings (SSSR count). The molecule has 0 aliphatic rings. The van der Waals surface area contributed by atoms with Crippen LogP contribution in [0.1, 0.15) is 22.7 Å². The van der Waals surface area contributed by atoms with Crippen molar-refractivity contribution in [2.24, 2.45) is 5.84 Å². The third-order valence-electron chi connectivity index (χ3n) is 3.19. The molecular formula is C15H16F2N2O. The molecule has 20 heavy (non-hydrogen) atoms.